The van der Waals surface area contributed by atoms with Crippen molar-refractivity contribution >= 4 is 15.9 Å². The van der Waals surface area contributed by atoms with Gasteiger partial charge in [-0.1, -0.05) is 13.0 Å². The lowest BCUT2D eigenvalue weighted by atomic mass is 9.94. The van der Waals surface area contributed by atoms with Gasteiger partial charge < -0.3 is 10.2 Å². The van der Waals surface area contributed by atoms with Gasteiger partial charge >= 0.3 is 0 Å². The van der Waals surface area contributed by atoms with Crippen LogP contribution < -0.4 is 5.32 Å². The van der Waals surface area contributed by atoms with Crippen LogP contribution in [0.25, 0.3) is 0 Å². The molecule has 1 aromatic rings. The molecule has 1 aromatic carbocycles. The van der Waals surface area contributed by atoms with Gasteiger partial charge in [-0.15, -0.1) is 0 Å². The third-order valence-corrected chi connectivity index (χ3v) is 4.30. The first-order chi connectivity index (χ1) is 8.56. The SMILES string of the molecule is CC1CN(C)CCC1NCc1ccc(Br)c(F)c1. The molecule has 1 saturated heterocycles. The summed E-state index contributed by atoms with van der Waals surface area (Å²) in [5, 5.41) is 3.55. The van der Waals surface area contributed by atoms with Crippen molar-refractivity contribution < 1.29 is 4.39 Å². The molecule has 0 radical (unpaired) electrons. The van der Waals surface area contributed by atoms with E-state index in [4.69, 9.17) is 0 Å². The van der Waals surface area contributed by atoms with Crippen molar-refractivity contribution in [3.63, 3.8) is 0 Å². The van der Waals surface area contributed by atoms with Crippen molar-refractivity contribution in [2.75, 3.05) is 20.1 Å². The molecule has 2 nitrogen and oxygen atoms in total. The lowest BCUT2D eigenvalue weighted by Gasteiger charge is -2.35. The summed E-state index contributed by atoms with van der Waals surface area (Å²) in [6, 6.07) is 5.86. The molecular formula is C14H20BrFN2. The highest BCUT2D eigenvalue weighted by atomic mass is 79.9. The summed E-state index contributed by atoms with van der Waals surface area (Å²) in [5.74, 6) is 0.453. The van der Waals surface area contributed by atoms with Crippen molar-refractivity contribution in [1.82, 2.24) is 10.2 Å². The number of hydrogen-bond donors (Lipinski definition) is 1. The Morgan fingerprint density at radius 1 is 1.50 bits per heavy atom. The molecule has 0 amide bonds. The highest BCUT2D eigenvalue weighted by molar-refractivity contribution is 9.10. The van der Waals surface area contributed by atoms with E-state index in [1.54, 1.807) is 12.1 Å². The van der Waals surface area contributed by atoms with Crippen LogP contribution in [-0.4, -0.2) is 31.1 Å². The van der Waals surface area contributed by atoms with E-state index in [1.165, 1.54) is 0 Å². The fraction of sp³-hybridized carbons (Fsp3) is 0.571. The molecule has 1 aliphatic rings. The molecule has 1 aliphatic heterocycles. The minimum Gasteiger partial charge on any atom is -0.310 e. The summed E-state index contributed by atoms with van der Waals surface area (Å²) >= 11 is 3.17. The van der Waals surface area contributed by atoms with E-state index < -0.39 is 0 Å². The van der Waals surface area contributed by atoms with E-state index >= 15 is 0 Å². The highest BCUT2D eigenvalue weighted by Gasteiger charge is 2.23. The quantitative estimate of drug-likeness (QED) is 0.922. The van der Waals surface area contributed by atoms with Crippen molar-refractivity contribution in [3.8, 4) is 0 Å². The molecule has 1 heterocycles. The highest BCUT2D eigenvalue weighted by Crippen LogP contribution is 2.18. The van der Waals surface area contributed by atoms with Gasteiger partial charge in [-0.05, 0) is 59.6 Å². The number of halogens is 2. The van der Waals surface area contributed by atoms with E-state index in [0.717, 1.165) is 31.6 Å². The molecule has 1 fully saturated rings. The molecule has 0 aliphatic carbocycles. The largest absolute Gasteiger partial charge is 0.310 e. The average Bonchev–Trinajstić information content (AvgIpc) is 2.32. The van der Waals surface area contributed by atoms with Crippen molar-refractivity contribution in [3.05, 3.63) is 34.1 Å². The molecule has 1 N–H and O–H groups in total. The van der Waals surface area contributed by atoms with Crippen molar-refractivity contribution in [2.45, 2.75) is 25.9 Å². The molecule has 18 heavy (non-hydrogen) atoms. The van der Waals surface area contributed by atoms with Crippen LogP contribution in [0.5, 0.6) is 0 Å². The van der Waals surface area contributed by atoms with Gasteiger partial charge in [-0.25, -0.2) is 4.39 Å². The number of benzene rings is 1. The molecular weight excluding hydrogens is 295 g/mol. The average molecular weight is 315 g/mol. The Morgan fingerprint density at radius 3 is 2.94 bits per heavy atom. The molecule has 100 valence electrons. The van der Waals surface area contributed by atoms with Gasteiger partial charge in [0.2, 0.25) is 0 Å². The Bertz CT molecular complexity index is 411. The standard InChI is InChI=1S/C14H20BrFN2/c1-10-9-18(2)6-5-14(10)17-8-11-3-4-12(15)13(16)7-11/h3-4,7,10,14,17H,5-6,8-9H2,1-2H3. The van der Waals surface area contributed by atoms with Gasteiger partial charge in [-0.3, -0.25) is 0 Å². The summed E-state index contributed by atoms with van der Waals surface area (Å²) in [6.45, 7) is 5.28. The smallest absolute Gasteiger partial charge is 0.137 e. The first-order valence-electron chi connectivity index (χ1n) is 6.42. The number of nitrogens with zero attached hydrogens (tertiary/aromatic N) is 1. The number of piperidine rings is 1. The third kappa shape index (κ3) is 3.53. The van der Waals surface area contributed by atoms with E-state index in [9.17, 15) is 4.39 Å². The Labute approximate surface area is 117 Å². The van der Waals surface area contributed by atoms with Crippen LogP contribution in [0, 0.1) is 11.7 Å². The van der Waals surface area contributed by atoms with Gasteiger partial charge in [0.1, 0.15) is 5.82 Å². The molecule has 0 spiro atoms. The Kier molecular flexibility index (Phi) is 4.76. The predicted octanol–water partition coefficient (Wildman–Crippen LogP) is 3.02. The molecule has 4 heteroatoms. The molecule has 0 saturated carbocycles. The second-order valence-corrected chi connectivity index (χ2v) is 6.12. The molecule has 2 rings (SSSR count). The van der Waals surface area contributed by atoms with E-state index in [1.807, 2.05) is 6.07 Å². The number of nitrogens with one attached hydrogen (secondary N) is 1. The summed E-state index contributed by atoms with van der Waals surface area (Å²) in [4.78, 5) is 2.36. The number of likely N-dealkylation sites (tertiary alicyclic amines) is 1. The monoisotopic (exact) mass is 314 g/mol. The number of rotatable bonds is 3. The lowest BCUT2D eigenvalue weighted by Crippen LogP contribution is -2.46. The van der Waals surface area contributed by atoms with Crippen LogP contribution in [0.15, 0.2) is 22.7 Å². The molecule has 2 unspecified atom stereocenters. The maximum Gasteiger partial charge on any atom is 0.137 e. The summed E-state index contributed by atoms with van der Waals surface area (Å²) in [5.41, 5.74) is 1.00. The van der Waals surface area contributed by atoms with Gasteiger partial charge in [0.05, 0.1) is 4.47 Å². The van der Waals surface area contributed by atoms with Crippen LogP contribution in [0.4, 0.5) is 4.39 Å². The van der Waals surface area contributed by atoms with Crippen LogP contribution in [0.3, 0.4) is 0 Å². The van der Waals surface area contributed by atoms with Crippen LogP contribution in [0.2, 0.25) is 0 Å². The maximum absolute atomic E-state index is 13.4. The Balaban J connectivity index is 1.89. The van der Waals surface area contributed by atoms with Crippen molar-refractivity contribution in [2.24, 2.45) is 5.92 Å². The molecule has 0 bridgehead atoms. The predicted molar refractivity (Wildman–Crippen MR) is 76.0 cm³/mol. The van der Waals surface area contributed by atoms with Gasteiger partial charge in [0, 0.05) is 19.1 Å². The van der Waals surface area contributed by atoms with Crippen molar-refractivity contribution in [1.29, 1.82) is 0 Å². The van der Waals surface area contributed by atoms with Crippen LogP contribution >= 0.6 is 15.9 Å². The van der Waals surface area contributed by atoms with Gasteiger partial charge in [-0.2, -0.15) is 0 Å². The second-order valence-electron chi connectivity index (χ2n) is 5.26. The number of hydrogen-bond acceptors (Lipinski definition) is 2. The summed E-state index contributed by atoms with van der Waals surface area (Å²) in [7, 11) is 2.16. The second kappa shape index (κ2) is 6.13. The summed E-state index contributed by atoms with van der Waals surface area (Å²) < 4.78 is 13.9. The zero-order chi connectivity index (χ0) is 13.1. The Morgan fingerprint density at radius 2 is 2.28 bits per heavy atom. The van der Waals surface area contributed by atoms with E-state index in [0.29, 0.717) is 16.4 Å². The maximum atomic E-state index is 13.4. The fourth-order valence-electron chi connectivity index (χ4n) is 2.56. The summed E-state index contributed by atoms with van der Waals surface area (Å²) in [6.07, 6.45) is 1.16. The topological polar surface area (TPSA) is 15.3 Å². The Hall–Kier alpha value is -0.450. The third-order valence-electron chi connectivity index (χ3n) is 3.66. The first kappa shape index (κ1) is 14.0. The molecule has 0 aromatic heterocycles. The van der Waals surface area contributed by atoms with Gasteiger partial charge in [0.25, 0.3) is 0 Å². The van der Waals surface area contributed by atoms with Crippen LogP contribution in [-0.2, 0) is 6.54 Å². The fourth-order valence-corrected chi connectivity index (χ4v) is 2.80. The molecule has 2 atom stereocenters. The van der Waals surface area contributed by atoms with Crippen LogP contribution in [0.1, 0.15) is 18.9 Å². The van der Waals surface area contributed by atoms with E-state index in [-0.39, 0.29) is 5.82 Å². The lowest BCUT2D eigenvalue weighted by molar-refractivity contribution is 0.174. The minimum atomic E-state index is -0.189. The first-order valence-corrected chi connectivity index (χ1v) is 7.21. The van der Waals surface area contributed by atoms with Gasteiger partial charge in [0.15, 0.2) is 0 Å². The minimum absolute atomic E-state index is 0.189. The normalized spacial score (nSPS) is 25.3. The zero-order valence-corrected chi connectivity index (χ0v) is 12.5. The van der Waals surface area contributed by atoms with E-state index in [2.05, 4.69) is 40.1 Å². The zero-order valence-electron chi connectivity index (χ0n) is 10.9.